The lowest BCUT2D eigenvalue weighted by atomic mass is 10.0. The van der Waals surface area contributed by atoms with E-state index in [0.717, 1.165) is 26.2 Å². The molecule has 3 nitrogen and oxygen atoms in total. The normalized spacial score (nSPS) is 25.5. The molecule has 2 aliphatic rings. The largest absolute Gasteiger partial charge is 0.356 e. The molecule has 2 aliphatic heterocycles. The van der Waals surface area contributed by atoms with Crippen LogP contribution in [0, 0.1) is 5.92 Å². The highest BCUT2D eigenvalue weighted by atomic mass is 32.1. The summed E-state index contributed by atoms with van der Waals surface area (Å²) in [6, 6.07) is 2.24. The molecule has 1 unspecified atom stereocenters. The van der Waals surface area contributed by atoms with Gasteiger partial charge in [-0.05, 0) is 29.3 Å². The highest BCUT2D eigenvalue weighted by Crippen LogP contribution is 2.25. The third kappa shape index (κ3) is 1.99. The fraction of sp³-hybridized carbons (Fsp3) is 0.583. The Morgan fingerprint density at radius 2 is 2.50 bits per heavy atom. The summed E-state index contributed by atoms with van der Waals surface area (Å²) in [5.74, 6) is 0.742. The summed E-state index contributed by atoms with van der Waals surface area (Å²) in [6.45, 7) is 4.15. The molecule has 1 saturated heterocycles. The van der Waals surface area contributed by atoms with Crippen LogP contribution in [-0.2, 0) is 17.8 Å². The first-order valence-corrected chi connectivity index (χ1v) is 6.73. The van der Waals surface area contributed by atoms with Gasteiger partial charge in [-0.25, -0.2) is 0 Å². The van der Waals surface area contributed by atoms with E-state index in [2.05, 4.69) is 21.7 Å². The first-order valence-electron chi connectivity index (χ1n) is 5.85. The summed E-state index contributed by atoms with van der Waals surface area (Å²) < 4.78 is 0. The Morgan fingerprint density at radius 1 is 1.56 bits per heavy atom. The SMILES string of the molecule is O=C1CC(CN2CCc3sccc3C2)CN1. The second-order valence-electron chi connectivity index (χ2n) is 4.73. The average Bonchev–Trinajstić information content (AvgIpc) is 2.87. The Labute approximate surface area is 99.5 Å². The molecule has 0 bridgehead atoms. The topological polar surface area (TPSA) is 32.3 Å². The van der Waals surface area contributed by atoms with E-state index in [1.54, 1.807) is 4.88 Å². The average molecular weight is 236 g/mol. The fourth-order valence-electron chi connectivity index (χ4n) is 2.62. The minimum atomic E-state index is 0.221. The molecule has 16 heavy (non-hydrogen) atoms. The van der Waals surface area contributed by atoms with E-state index >= 15 is 0 Å². The van der Waals surface area contributed by atoms with Crippen molar-refractivity contribution in [2.24, 2.45) is 5.92 Å². The van der Waals surface area contributed by atoms with Crippen molar-refractivity contribution in [1.29, 1.82) is 0 Å². The van der Waals surface area contributed by atoms with Crippen LogP contribution in [-0.4, -0.2) is 30.4 Å². The molecular formula is C12H16N2OS. The number of nitrogens with one attached hydrogen (secondary N) is 1. The predicted octanol–water partition coefficient (Wildman–Crippen LogP) is 1.24. The summed E-state index contributed by atoms with van der Waals surface area (Å²) in [7, 11) is 0. The number of hydrogen-bond acceptors (Lipinski definition) is 3. The zero-order valence-electron chi connectivity index (χ0n) is 9.24. The number of carbonyl (C=O) groups excluding carboxylic acids is 1. The van der Waals surface area contributed by atoms with Gasteiger partial charge in [0, 0.05) is 37.5 Å². The molecule has 4 heteroatoms. The fourth-order valence-corrected chi connectivity index (χ4v) is 3.51. The van der Waals surface area contributed by atoms with E-state index in [1.165, 1.54) is 12.0 Å². The molecule has 0 aromatic carbocycles. The van der Waals surface area contributed by atoms with E-state index in [9.17, 15) is 4.79 Å². The van der Waals surface area contributed by atoms with Gasteiger partial charge in [0.25, 0.3) is 0 Å². The second-order valence-corrected chi connectivity index (χ2v) is 5.73. The van der Waals surface area contributed by atoms with Crippen LogP contribution in [0.1, 0.15) is 16.9 Å². The van der Waals surface area contributed by atoms with Gasteiger partial charge in [-0.1, -0.05) is 0 Å². The van der Waals surface area contributed by atoms with E-state index in [-0.39, 0.29) is 5.91 Å². The maximum Gasteiger partial charge on any atom is 0.220 e. The van der Waals surface area contributed by atoms with Crippen molar-refractivity contribution in [3.05, 3.63) is 21.9 Å². The number of carbonyl (C=O) groups is 1. The van der Waals surface area contributed by atoms with Crippen molar-refractivity contribution in [2.75, 3.05) is 19.6 Å². The van der Waals surface area contributed by atoms with Gasteiger partial charge in [0.2, 0.25) is 5.91 Å². The van der Waals surface area contributed by atoms with Gasteiger partial charge < -0.3 is 5.32 Å². The number of nitrogens with zero attached hydrogens (tertiary/aromatic N) is 1. The van der Waals surface area contributed by atoms with Crippen LogP contribution >= 0.6 is 11.3 Å². The molecule has 1 N–H and O–H groups in total. The first-order chi connectivity index (χ1) is 7.81. The summed E-state index contributed by atoms with van der Waals surface area (Å²) >= 11 is 1.88. The molecule has 1 aromatic heterocycles. The van der Waals surface area contributed by atoms with E-state index < -0.39 is 0 Å². The van der Waals surface area contributed by atoms with Crippen molar-refractivity contribution in [3.63, 3.8) is 0 Å². The van der Waals surface area contributed by atoms with Gasteiger partial charge >= 0.3 is 0 Å². The van der Waals surface area contributed by atoms with Gasteiger partial charge in [0.15, 0.2) is 0 Å². The first kappa shape index (κ1) is 10.3. The smallest absolute Gasteiger partial charge is 0.220 e. The van der Waals surface area contributed by atoms with Crippen molar-refractivity contribution in [2.45, 2.75) is 19.4 Å². The quantitative estimate of drug-likeness (QED) is 0.838. The standard InChI is InChI=1S/C12H16N2OS/c15-12-5-9(6-13-12)7-14-3-1-11-10(8-14)2-4-16-11/h2,4,9H,1,3,5-8H2,(H,13,15). The third-order valence-corrected chi connectivity index (χ3v) is 4.49. The molecule has 0 saturated carbocycles. The van der Waals surface area contributed by atoms with Gasteiger partial charge in [-0.15, -0.1) is 11.3 Å². The van der Waals surface area contributed by atoms with Crippen LogP contribution in [0.4, 0.5) is 0 Å². The van der Waals surface area contributed by atoms with Gasteiger partial charge in [-0.2, -0.15) is 0 Å². The third-order valence-electron chi connectivity index (χ3n) is 3.47. The molecule has 1 fully saturated rings. The minimum absolute atomic E-state index is 0.221. The monoisotopic (exact) mass is 236 g/mol. The maximum absolute atomic E-state index is 11.1. The van der Waals surface area contributed by atoms with Gasteiger partial charge in [0.05, 0.1) is 0 Å². The van der Waals surface area contributed by atoms with Crippen molar-refractivity contribution in [3.8, 4) is 0 Å². The number of amides is 1. The summed E-state index contributed by atoms with van der Waals surface area (Å²) in [5.41, 5.74) is 1.49. The van der Waals surface area contributed by atoms with Crippen molar-refractivity contribution >= 4 is 17.2 Å². The Hall–Kier alpha value is -0.870. The van der Waals surface area contributed by atoms with Crippen LogP contribution in [0.5, 0.6) is 0 Å². The van der Waals surface area contributed by atoms with Crippen LogP contribution < -0.4 is 5.32 Å². The van der Waals surface area contributed by atoms with Crippen molar-refractivity contribution in [1.82, 2.24) is 10.2 Å². The zero-order valence-corrected chi connectivity index (χ0v) is 10.1. The van der Waals surface area contributed by atoms with Crippen LogP contribution in [0.2, 0.25) is 0 Å². The highest BCUT2D eigenvalue weighted by molar-refractivity contribution is 7.10. The van der Waals surface area contributed by atoms with Gasteiger partial charge in [0.1, 0.15) is 0 Å². The maximum atomic E-state index is 11.1. The van der Waals surface area contributed by atoms with E-state index in [0.29, 0.717) is 12.3 Å². The van der Waals surface area contributed by atoms with Crippen LogP contribution in [0.15, 0.2) is 11.4 Å². The molecule has 1 atom stereocenters. The van der Waals surface area contributed by atoms with Crippen LogP contribution in [0.3, 0.4) is 0 Å². The Balaban J connectivity index is 1.60. The Morgan fingerprint density at radius 3 is 3.31 bits per heavy atom. The molecule has 0 spiro atoms. The lowest BCUT2D eigenvalue weighted by molar-refractivity contribution is -0.119. The number of fused-ring (bicyclic) bond motifs is 1. The molecular weight excluding hydrogens is 220 g/mol. The molecule has 1 aromatic rings. The number of rotatable bonds is 2. The second kappa shape index (κ2) is 4.18. The minimum Gasteiger partial charge on any atom is -0.356 e. The summed E-state index contributed by atoms with van der Waals surface area (Å²) in [6.07, 6.45) is 1.90. The number of thiophene rings is 1. The highest BCUT2D eigenvalue weighted by Gasteiger charge is 2.25. The lowest BCUT2D eigenvalue weighted by Crippen LogP contribution is -2.34. The molecule has 0 radical (unpaired) electrons. The van der Waals surface area contributed by atoms with E-state index in [4.69, 9.17) is 0 Å². The molecule has 3 rings (SSSR count). The molecule has 1 amide bonds. The summed E-state index contributed by atoms with van der Waals surface area (Å²) in [4.78, 5) is 15.2. The zero-order chi connectivity index (χ0) is 11.0. The molecule has 3 heterocycles. The van der Waals surface area contributed by atoms with E-state index in [1.807, 2.05) is 11.3 Å². The Bertz CT molecular complexity index is 401. The number of hydrogen-bond donors (Lipinski definition) is 1. The van der Waals surface area contributed by atoms with Crippen molar-refractivity contribution < 1.29 is 4.79 Å². The summed E-state index contributed by atoms with van der Waals surface area (Å²) in [5, 5.41) is 5.10. The molecule has 0 aliphatic carbocycles. The molecule has 86 valence electrons. The van der Waals surface area contributed by atoms with Crippen LogP contribution in [0.25, 0.3) is 0 Å². The Kier molecular flexibility index (Phi) is 2.69. The lowest BCUT2D eigenvalue weighted by Gasteiger charge is -2.28. The predicted molar refractivity (Wildman–Crippen MR) is 64.4 cm³/mol. The van der Waals surface area contributed by atoms with Gasteiger partial charge in [-0.3, -0.25) is 9.69 Å².